The Morgan fingerprint density at radius 2 is 1.91 bits per heavy atom. The van der Waals surface area contributed by atoms with Crippen LogP contribution in [0.15, 0.2) is 40.9 Å². The third kappa shape index (κ3) is 6.69. The van der Waals surface area contributed by atoms with Gasteiger partial charge in [0, 0.05) is 16.2 Å². The maximum absolute atomic E-state index is 12.4. The molecule has 0 aliphatic rings. The summed E-state index contributed by atoms with van der Waals surface area (Å²) in [5.74, 6) is -0.213. The maximum Gasteiger partial charge on any atom is 0.341 e. The fraction of sp³-hybridized carbons (Fsp3) is 0.304. The van der Waals surface area contributed by atoms with Gasteiger partial charge in [-0.05, 0) is 32.4 Å². The summed E-state index contributed by atoms with van der Waals surface area (Å²) in [7, 11) is 0. The summed E-state index contributed by atoms with van der Waals surface area (Å²) < 4.78 is 15.3. The van der Waals surface area contributed by atoms with Crippen LogP contribution in [0.2, 0.25) is 0 Å². The molecule has 2 aromatic heterocycles. The molecule has 0 saturated carbocycles. The minimum atomic E-state index is -0.536. The van der Waals surface area contributed by atoms with Crippen molar-refractivity contribution in [1.82, 2.24) is 5.16 Å². The van der Waals surface area contributed by atoms with Crippen LogP contribution in [0.4, 0.5) is 5.00 Å². The lowest BCUT2D eigenvalue weighted by molar-refractivity contribution is -0.144. The third-order valence-corrected chi connectivity index (χ3v) is 6.58. The lowest BCUT2D eigenvalue weighted by Gasteiger charge is -2.07. The van der Waals surface area contributed by atoms with Crippen molar-refractivity contribution in [2.45, 2.75) is 26.5 Å². The molecule has 1 N–H and O–H groups in total. The number of thioether (sulfide) groups is 1. The molecule has 2 heterocycles. The van der Waals surface area contributed by atoms with Crippen molar-refractivity contribution < 1.29 is 28.4 Å². The zero-order valence-electron chi connectivity index (χ0n) is 18.5. The van der Waals surface area contributed by atoms with E-state index in [4.69, 9.17) is 14.0 Å². The summed E-state index contributed by atoms with van der Waals surface area (Å²) in [4.78, 5) is 37.6. The fourth-order valence-electron chi connectivity index (χ4n) is 2.88. The molecule has 0 fully saturated rings. The summed E-state index contributed by atoms with van der Waals surface area (Å²) in [5, 5.41) is 6.89. The Hall–Kier alpha value is -3.11. The zero-order chi connectivity index (χ0) is 23.8. The molecule has 0 unspecified atom stereocenters. The number of aryl methyl sites for hydroxylation is 2. The predicted molar refractivity (Wildman–Crippen MR) is 127 cm³/mol. The third-order valence-electron chi connectivity index (χ3n) is 4.55. The second-order valence-electron chi connectivity index (χ2n) is 6.94. The summed E-state index contributed by atoms with van der Waals surface area (Å²) in [5.41, 5.74) is 2.91. The van der Waals surface area contributed by atoms with Crippen molar-refractivity contribution in [3.63, 3.8) is 0 Å². The quantitative estimate of drug-likeness (QED) is 0.412. The van der Waals surface area contributed by atoms with Gasteiger partial charge in [0.1, 0.15) is 10.8 Å². The van der Waals surface area contributed by atoms with Gasteiger partial charge in [0.25, 0.3) is 5.91 Å². The molecular weight excluding hydrogens is 464 g/mol. The Morgan fingerprint density at radius 1 is 1.15 bits per heavy atom. The topological polar surface area (TPSA) is 108 Å². The van der Waals surface area contributed by atoms with Crippen LogP contribution in [0, 0.1) is 13.8 Å². The van der Waals surface area contributed by atoms with Crippen molar-refractivity contribution in [1.29, 1.82) is 0 Å². The van der Waals surface area contributed by atoms with Crippen LogP contribution in [-0.2, 0) is 24.8 Å². The van der Waals surface area contributed by atoms with Crippen LogP contribution in [0.5, 0.6) is 0 Å². The molecule has 3 aromatic rings. The smallest absolute Gasteiger partial charge is 0.341 e. The van der Waals surface area contributed by atoms with Crippen molar-refractivity contribution in [3.8, 4) is 10.4 Å². The van der Waals surface area contributed by atoms with E-state index in [0.29, 0.717) is 10.8 Å². The minimum absolute atomic E-state index is 0.0859. The summed E-state index contributed by atoms with van der Waals surface area (Å²) in [6.45, 7) is 5.13. The molecule has 0 aliphatic carbocycles. The van der Waals surface area contributed by atoms with E-state index in [-0.39, 0.29) is 17.9 Å². The maximum atomic E-state index is 12.4. The van der Waals surface area contributed by atoms with Gasteiger partial charge in [-0.1, -0.05) is 35.5 Å². The fourth-order valence-corrected chi connectivity index (χ4v) is 4.92. The molecule has 1 amide bonds. The first-order chi connectivity index (χ1) is 15.9. The minimum Gasteiger partial charge on any atom is -0.462 e. The van der Waals surface area contributed by atoms with E-state index in [0.717, 1.165) is 27.5 Å². The van der Waals surface area contributed by atoms with Crippen molar-refractivity contribution in [2.24, 2.45) is 0 Å². The van der Waals surface area contributed by atoms with Crippen LogP contribution < -0.4 is 5.32 Å². The van der Waals surface area contributed by atoms with Crippen molar-refractivity contribution >= 4 is 45.9 Å². The predicted octanol–water partition coefficient (Wildman–Crippen LogP) is 4.61. The van der Waals surface area contributed by atoms with E-state index < -0.39 is 24.5 Å². The SMILES string of the molecule is CCOC(=O)c1cc(-c2ccccc2)sc1NC(=O)COC(=O)CSCc1c(C)noc1C. The van der Waals surface area contributed by atoms with Gasteiger partial charge in [-0.25, -0.2) is 4.79 Å². The zero-order valence-corrected chi connectivity index (χ0v) is 20.1. The molecule has 0 spiro atoms. The number of aromatic nitrogens is 1. The summed E-state index contributed by atoms with van der Waals surface area (Å²) in [6.07, 6.45) is 0. The Kier molecular flexibility index (Phi) is 8.67. The monoisotopic (exact) mass is 488 g/mol. The highest BCUT2D eigenvalue weighted by molar-refractivity contribution is 7.99. The van der Waals surface area contributed by atoms with Crippen molar-refractivity contribution in [2.75, 3.05) is 24.3 Å². The van der Waals surface area contributed by atoms with Gasteiger partial charge in [0.05, 0.1) is 23.6 Å². The van der Waals surface area contributed by atoms with Crippen LogP contribution in [0.1, 0.15) is 34.3 Å². The second kappa shape index (κ2) is 11.7. The second-order valence-corrected chi connectivity index (χ2v) is 8.98. The standard InChI is InChI=1S/C23H24N2O6S2/c1-4-29-23(28)17-10-19(16-8-6-5-7-9-16)33-22(17)24-20(26)11-30-21(27)13-32-12-18-14(2)25-31-15(18)3/h5-10H,4,11-13H2,1-3H3,(H,24,26). The van der Waals surface area contributed by atoms with Gasteiger partial charge < -0.3 is 19.3 Å². The molecule has 1 aromatic carbocycles. The number of ether oxygens (including phenoxy) is 2. The average molecular weight is 489 g/mol. The normalized spacial score (nSPS) is 10.6. The Morgan fingerprint density at radius 3 is 2.58 bits per heavy atom. The van der Waals surface area contributed by atoms with Gasteiger partial charge >= 0.3 is 11.9 Å². The molecule has 0 bridgehead atoms. The highest BCUT2D eigenvalue weighted by atomic mass is 32.2. The van der Waals surface area contributed by atoms with Crippen molar-refractivity contribution in [3.05, 3.63) is 59.0 Å². The first-order valence-electron chi connectivity index (χ1n) is 10.2. The number of hydrogen-bond acceptors (Lipinski definition) is 9. The molecule has 0 atom stereocenters. The van der Waals surface area contributed by atoms with E-state index in [9.17, 15) is 14.4 Å². The van der Waals surface area contributed by atoms with Gasteiger partial charge in [-0.15, -0.1) is 23.1 Å². The lowest BCUT2D eigenvalue weighted by atomic mass is 10.1. The summed E-state index contributed by atoms with van der Waals surface area (Å²) >= 11 is 2.60. The van der Waals surface area contributed by atoms with Crippen LogP contribution in [-0.4, -0.2) is 42.0 Å². The van der Waals surface area contributed by atoms with Gasteiger partial charge in [-0.2, -0.15) is 0 Å². The Bertz CT molecular complexity index is 1100. The molecule has 3 rings (SSSR count). The number of rotatable bonds is 10. The van der Waals surface area contributed by atoms with Crippen LogP contribution in [0.3, 0.4) is 0 Å². The van der Waals surface area contributed by atoms with Gasteiger partial charge in [0.15, 0.2) is 6.61 Å². The molecule has 0 radical (unpaired) electrons. The number of carbonyl (C=O) groups excluding carboxylic acids is 3. The molecule has 0 aliphatic heterocycles. The molecular formula is C23H24N2O6S2. The van der Waals surface area contributed by atoms with Crippen LogP contribution in [0.25, 0.3) is 10.4 Å². The molecule has 10 heteroatoms. The van der Waals surface area contributed by atoms with E-state index in [1.54, 1.807) is 13.0 Å². The number of nitrogens with zero attached hydrogens (tertiary/aromatic N) is 1. The first kappa shape index (κ1) is 24.5. The number of benzene rings is 1. The Balaban J connectivity index is 1.56. The number of carbonyl (C=O) groups is 3. The number of nitrogens with one attached hydrogen (secondary N) is 1. The average Bonchev–Trinajstić information content (AvgIpc) is 3.37. The number of thiophene rings is 1. The first-order valence-corrected chi connectivity index (χ1v) is 12.2. The Labute approximate surface area is 199 Å². The highest BCUT2D eigenvalue weighted by Gasteiger charge is 2.20. The number of anilines is 1. The van der Waals surface area contributed by atoms with Gasteiger partial charge in [-0.3, -0.25) is 9.59 Å². The van der Waals surface area contributed by atoms with E-state index in [1.807, 2.05) is 44.2 Å². The largest absolute Gasteiger partial charge is 0.462 e. The van der Waals surface area contributed by atoms with Crippen LogP contribution >= 0.6 is 23.1 Å². The highest BCUT2D eigenvalue weighted by Crippen LogP contribution is 2.36. The number of esters is 2. The van der Waals surface area contributed by atoms with Gasteiger partial charge in [0.2, 0.25) is 0 Å². The van der Waals surface area contributed by atoms with E-state index in [2.05, 4.69) is 10.5 Å². The molecule has 174 valence electrons. The molecule has 8 nitrogen and oxygen atoms in total. The number of amides is 1. The van der Waals surface area contributed by atoms with E-state index >= 15 is 0 Å². The molecule has 33 heavy (non-hydrogen) atoms. The van der Waals surface area contributed by atoms with E-state index in [1.165, 1.54) is 23.1 Å². The summed E-state index contributed by atoms with van der Waals surface area (Å²) in [6, 6.07) is 11.2. The number of hydrogen-bond donors (Lipinski definition) is 1. The molecule has 0 saturated heterocycles. The lowest BCUT2D eigenvalue weighted by Crippen LogP contribution is -2.22.